The molecular formula is C15H10N2O. The number of rotatable bonds is 0. The van der Waals surface area contributed by atoms with Crippen molar-refractivity contribution in [1.29, 1.82) is 0 Å². The van der Waals surface area contributed by atoms with Crippen LogP contribution in [0.3, 0.4) is 0 Å². The van der Waals surface area contributed by atoms with Gasteiger partial charge in [-0.05, 0) is 18.2 Å². The van der Waals surface area contributed by atoms with Gasteiger partial charge in [-0.3, -0.25) is 0 Å². The minimum atomic E-state index is 0.543. The Bertz CT molecular complexity index is 793. The minimum Gasteiger partial charge on any atom is -0.478 e. The van der Waals surface area contributed by atoms with Crippen molar-refractivity contribution in [2.24, 2.45) is 4.99 Å². The lowest BCUT2D eigenvalue weighted by Crippen LogP contribution is -1.99. The fourth-order valence-electron chi connectivity index (χ4n) is 2.37. The van der Waals surface area contributed by atoms with Gasteiger partial charge in [-0.25, -0.2) is 9.98 Å². The van der Waals surface area contributed by atoms with Crippen LogP contribution in [0.2, 0.25) is 0 Å². The van der Waals surface area contributed by atoms with Crippen molar-refractivity contribution in [1.82, 2.24) is 4.98 Å². The third-order valence-corrected chi connectivity index (χ3v) is 3.26. The second-order valence-corrected chi connectivity index (χ2v) is 4.36. The number of hydrogen-bond acceptors (Lipinski definition) is 3. The summed E-state index contributed by atoms with van der Waals surface area (Å²) in [7, 11) is 0. The Morgan fingerprint density at radius 1 is 1.00 bits per heavy atom. The van der Waals surface area contributed by atoms with Crippen molar-refractivity contribution in [2.45, 2.75) is 6.61 Å². The first kappa shape index (κ1) is 9.59. The molecule has 0 fully saturated rings. The molecule has 0 spiro atoms. The van der Waals surface area contributed by atoms with E-state index in [0.29, 0.717) is 6.61 Å². The van der Waals surface area contributed by atoms with Gasteiger partial charge in [0.05, 0.1) is 16.7 Å². The largest absolute Gasteiger partial charge is 0.478 e. The molecule has 0 bridgehead atoms. The van der Waals surface area contributed by atoms with E-state index in [1.807, 2.05) is 24.3 Å². The molecule has 4 rings (SSSR count). The monoisotopic (exact) mass is 234 g/mol. The first-order valence-electron chi connectivity index (χ1n) is 5.87. The predicted molar refractivity (Wildman–Crippen MR) is 72.2 cm³/mol. The van der Waals surface area contributed by atoms with Crippen molar-refractivity contribution in [3.05, 3.63) is 48.0 Å². The third-order valence-electron chi connectivity index (χ3n) is 3.26. The molecule has 0 atom stereocenters. The van der Waals surface area contributed by atoms with Gasteiger partial charge in [0.25, 0.3) is 0 Å². The molecule has 0 aliphatic carbocycles. The fraction of sp³-hybridized carbons (Fsp3) is 0.0667. The maximum atomic E-state index is 5.28. The van der Waals surface area contributed by atoms with E-state index in [1.54, 1.807) is 0 Å². The highest BCUT2D eigenvalue weighted by atomic mass is 16.5. The maximum absolute atomic E-state index is 5.28. The van der Waals surface area contributed by atoms with Crippen molar-refractivity contribution in [3.63, 3.8) is 0 Å². The number of nitrogens with zero attached hydrogens (tertiary/aromatic N) is 2. The van der Waals surface area contributed by atoms with Crippen LogP contribution in [0.4, 0.5) is 5.69 Å². The van der Waals surface area contributed by atoms with Crippen LogP contribution in [0.1, 0.15) is 5.56 Å². The molecule has 3 aromatic rings. The zero-order valence-electron chi connectivity index (χ0n) is 9.63. The maximum Gasteiger partial charge on any atom is 0.175 e. The molecule has 0 unspecified atom stereocenters. The zero-order valence-corrected chi connectivity index (χ0v) is 9.63. The molecule has 0 radical (unpaired) electrons. The van der Waals surface area contributed by atoms with E-state index in [1.165, 1.54) is 6.40 Å². The topological polar surface area (TPSA) is 34.5 Å². The van der Waals surface area contributed by atoms with Crippen LogP contribution in [-0.4, -0.2) is 11.4 Å². The van der Waals surface area contributed by atoms with Crippen LogP contribution in [0.25, 0.3) is 21.8 Å². The number of para-hydroxylation sites is 1. The molecule has 3 heteroatoms. The highest BCUT2D eigenvalue weighted by Gasteiger charge is 2.12. The fourth-order valence-corrected chi connectivity index (χ4v) is 2.37. The molecule has 1 aromatic heterocycles. The van der Waals surface area contributed by atoms with Crippen LogP contribution in [0.15, 0.2) is 47.5 Å². The van der Waals surface area contributed by atoms with Gasteiger partial charge in [0.2, 0.25) is 0 Å². The Balaban J connectivity index is 2.15. The average molecular weight is 234 g/mol. The molecule has 0 amide bonds. The second kappa shape index (κ2) is 3.53. The van der Waals surface area contributed by atoms with E-state index in [4.69, 9.17) is 9.72 Å². The first-order chi connectivity index (χ1) is 8.92. The van der Waals surface area contributed by atoms with Gasteiger partial charge in [-0.15, -0.1) is 0 Å². The average Bonchev–Trinajstić information content (AvgIpc) is 2.45. The number of ether oxygens (including phenoxy) is 1. The molecule has 86 valence electrons. The Morgan fingerprint density at radius 3 is 2.94 bits per heavy atom. The smallest absolute Gasteiger partial charge is 0.175 e. The van der Waals surface area contributed by atoms with Crippen LogP contribution in [0.5, 0.6) is 0 Å². The SMILES string of the molecule is C1=Nc2ccc3cc4ccccc4nc3c2CO1. The van der Waals surface area contributed by atoms with Crippen molar-refractivity contribution in [2.75, 3.05) is 0 Å². The number of aliphatic imine (C=N–C) groups is 1. The number of aromatic nitrogens is 1. The van der Waals surface area contributed by atoms with Gasteiger partial charge in [-0.2, -0.15) is 0 Å². The molecule has 3 nitrogen and oxygen atoms in total. The molecule has 0 N–H and O–H groups in total. The van der Waals surface area contributed by atoms with Gasteiger partial charge >= 0.3 is 0 Å². The molecule has 0 saturated heterocycles. The summed E-state index contributed by atoms with van der Waals surface area (Å²) in [5.41, 5.74) is 4.02. The molecule has 2 aromatic carbocycles. The molecule has 1 aliphatic heterocycles. The summed E-state index contributed by atoms with van der Waals surface area (Å²) in [5, 5.41) is 2.29. The van der Waals surface area contributed by atoms with E-state index in [-0.39, 0.29) is 0 Å². The summed E-state index contributed by atoms with van der Waals surface area (Å²) in [6, 6.07) is 14.4. The third kappa shape index (κ3) is 1.31. The van der Waals surface area contributed by atoms with E-state index in [2.05, 4.69) is 23.2 Å². The van der Waals surface area contributed by atoms with Gasteiger partial charge in [0, 0.05) is 16.3 Å². The second-order valence-electron chi connectivity index (χ2n) is 4.36. The van der Waals surface area contributed by atoms with Gasteiger partial charge < -0.3 is 4.74 Å². The lowest BCUT2D eigenvalue weighted by molar-refractivity contribution is 0.304. The molecule has 18 heavy (non-hydrogen) atoms. The first-order valence-corrected chi connectivity index (χ1v) is 5.87. The van der Waals surface area contributed by atoms with Gasteiger partial charge in [-0.1, -0.05) is 24.3 Å². The lowest BCUT2D eigenvalue weighted by Gasteiger charge is -2.13. The van der Waals surface area contributed by atoms with Crippen LogP contribution < -0.4 is 0 Å². The number of pyridine rings is 1. The normalized spacial score (nSPS) is 13.6. The molecular weight excluding hydrogens is 224 g/mol. The van der Waals surface area contributed by atoms with E-state index >= 15 is 0 Å². The highest BCUT2D eigenvalue weighted by Crippen LogP contribution is 2.31. The summed E-state index contributed by atoms with van der Waals surface area (Å²) in [4.78, 5) is 8.97. The van der Waals surface area contributed by atoms with E-state index in [9.17, 15) is 0 Å². The highest BCUT2D eigenvalue weighted by molar-refractivity contribution is 5.96. The zero-order chi connectivity index (χ0) is 11.9. The van der Waals surface area contributed by atoms with Crippen LogP contribution in [-0.2, 0) is 11.3 Å². The minimum absolute atomic E-state index is 0.543. The number of benzene rings is 2. The van der Waals surface area contributed by atoms with Crippen molar-refractivity contribution < 1.29 is 4.74 Å². The quantitative estimate of drug-likeness (QED) is 0.557. The summed E-state index contributed by atoms with van der Waals surface area (Å²) in [6.07, 6.45) is 1.50. The predicted octanol–water partition coefficient (Wildman–Crippen LogP) is 3.58. The summed E-state index contributed by atoms with van der Waals surface area (Å²) in [5.74, 6) is 0. The Kier molecular flexibility index (Phi) is 1.88. The molecule has 0 saturated carbocycles. The van der Waals surface area contributed by atoms with Crippen molar-refractivity contribution >= 4 is 33.9 Å². The molecule has 1 aliphatic rings. The Morgan fingerprint density at radius 2 is 1.94 bits per heavy atom. The molecule has 2 heterocycles. The van der Waals surface area contributed by atoms with E-state index in [0.717, 1.165) is 33.1 Å². The van der Waals surface area contributed by atoms with E-state index < -0.39 is 0 Å². The van der Waals surface area contributed by atoms with Crippen molar-refractivity contribution in [3.8, 4) is 0 Å². The number of hydrogen-bond donors (Lipinski definition) is 0. The van der Waals surface area contributed by atoms with Gasteiger partial charge in [0.1, 0.15) is 6.61 Å². The standard InChI is InChI=1S/C15H10N2O/c1-2-4-13-10(3-1)7-11-5-6-14-12(15(11)17-13)8-18-9-16-14/h1-7,9H,8H2. The summed E-state index contributed by atoms with van der Waals surface area (Å²) in [6.45, 7) is 0.543. The Hall–Kier alpha value is -2.42. The Labute approximate surface area is 104 Å². The van der Waals surface area contributed by atoms with Gasteiger partial charge in [0.15, 0.2) is 6.40 Å². The summed E-state index contributed by atoms with van der Waals surface area (Å²) >= 11 is 0. The lowest BCUT2D eigenvalue weighted by atomic mass is 10.1. The van der Waals surface area contributed by atoms with Crippen LogP contribution >= 0.6 is 0 Å². The number of fused-ring (bicyclic) bond motifs is 4. The van der Waals surface area contributed by atoms with Crippen LogP contribution in [0, 0.1) is 0 Å². The summed E-state index contributed by atoms with van der Waals surface area (Å²) < 4.78 is 5.28.